The van der Waals surface area contributed by atoms with E-state index in [4.69, 9.17) is 10.5 Å². The molecule has 25 heavy (non-hydrogen) atoms. The zero-order chi connectivity index (χ0) is 17.8. The zero-order valence-corrected chi connectivity index (χ0v) is 14.3. The molecule has 0 saturated carbocycles. The summed E-state index contributed by atoms with van der Waals surface area (Å²) in [6.45, 7) is 2.77. The monoisotopic (exact) mass is 338 g/mol. The van der Waals surface area contributed by atoms with Crippen LogP contribution in [-0.4, -0.2) is 24.5 Å². The molecule has 130 valence electrons. The van der Waals surface area contributed by atoms with Crippen LogP contribution in [0.1, 0.15) is 35.7 Å². The van der Waals surface area contributed by atoms with Crippen LogP contribution in [0.15, 0.2) is 48.5 Å². The van der Waals surface area contributed by atoms with Crippen molar-refractivity contribution in [2.24, 2.45) is 5.73 Å². The number of anilines is 1. The molecule has 0 saturated heterocycles. The van der Waals surface area contributed by atoms with E-state index in [1.807, 2.05) is 24.3 Å². The third kappa shape index (κ3) is 3.50. The number of fused-ring (bicyclic) bond motifs is 1. The van der Waals surface area contributed by atoms with Crippen LogP contribution in [0, 0.1) is 0 Å². The van der Waals surface area contributed by atoms with Crippen LogP contribution in [-0.2, 0) is 11.2 Å². The Labute approximate surface area is 147 Å². The highest BCUT2D eigenvalue weighted by molar-refractivity contribution is 6.11. The zero-order valence-electron chi connectivity index (χ0n) is 14.3. The number of nitrogens with zero attached hydrogens (tertiary/aromatic N) is 1. The van der Waals surface area contributed by atoms with E-state index in [2.05, 4.69) is 6.92 Å². The van der Waals surface area contributed by atoms with E-state index in [1.54, 1.807) is 24.3 Å². The van der Waals surface area contributed by atoms with E-state index in [-0.39, 0.29) is 5.91 Å². The van der Waals surface area contributed by atoms with Crippen molar-refractivity contribution in [3.05, 3.63) is 59.7 Å². The number of benzene rings is 2. The predicted molar refractivity (Wildman–Crippen MR) is 96.8 cm³/mol. The Morgan fingerprint density at radius 2 is 1.88 bits per heavy atom. The lowest BCUT2D eigenvalue weighted by Gasteiger charge is -2.23. The first-order valence-electron chi connectivity index (χ1n) is 8.55. The minimum Gasteiger partial charge on any atom is -0.494 e. The van der Waals surface area contributed by atoms with Crippen molar-refractivity contribution in [2.45, 2.75) is 32.2 Å². The summed E-state index contributed by atoms with van der Waals surface area (Å²) in [4.78, 5) is 26.3. The van der Waals surface area contributed by atoms with Crippen LogP contribution in [0.4, 0.5) is 5.69 Å². The summed E-state index contributed by atoms with van der Waals surface area (Å²) >= 11 is 0. The van der Waals surface area contributed by atoms with Gasteiger partial charge in [-0.15, -0.1) is 0 Å². The Kier molecular flexibility index (Phi) is 5.03. The van der Waals surface area contributed by atoms with Gasteiger partial charge in [0.25, 0.3) is 5.91 Å². The molecule has 0 spiro atoms. The Bertz CT molecular complexity index is 771. The van der Waals surface area contributed by atoms with Crippen LogP contribution in [0.25, 0.3) is 0 Å². The Balaban J connectivity index is 1.82. The van der Waals surface area contributed by atoms with Crippen molar-refractivity contribution < 1.29 is 14.3 Å². The van der Waals surface area contributed by atoms with Gasteiger partial charge in [0.1, 0.15) is 11.8 Å². The Morgan fingerprint density at radius 1 is 1.16 bits per heavy atom. The molecule has 1 aliphatic rings. The van der Waals surface area contributed by atoms with E-state index in [9.17, 15) is 9.59 Å². The highest BCUT2D eigenvalue weighted by Crippen LogP contribution is 2.33. The number of ether oxygens (including phenoxy) is 1. The van der Waals surface area contributed by atoms with Gasteiger partial charge in [0.15, 0.2) is 0 Å². The molecule has 3 rings (SSSR count). The molecule has 5 heteroatoms. The van der Waals surface area contributed by atoms with E-state index in [0.717, 1.165) is 29.8 Å². The summed E-state index contributed by atoms with van der Waals surface area (Å²) in [5.41, 5.74) is 7.74. The maximum Gasteiger partial charge on any atom is 0.259 e. The van der Waals surface area contributed by atoms with Gasteiger partial charge in [-0.2, -0.15) is 0 Å². The average molecular weight is 338 g/mol. The number of amides is 2. The van der Waals surface area contributed by atoms with Crippen LogP contribution in [0.2, 0.25) is 0 Å². The van der Waals surface area contributed by atoms with Gasteiger partial charge >= 0.3 is 0 Å². The summed E-state index contributed by atoms with van der Waals surface area (Å²) < 4.78 is 5.62. The van der Waals surface area contributed by atoms with Gasteiger partial charge in [-0.25, -0.2) is 0 Å². The molecule has 1 atom stereocenters. The topological polar surface area (TPSA) is 72.6 Å². The number of hydrogen-bond donors (Lipinski definition) is 1. The first-order valence-corrected chi connectivity index (χ1v) is 8.55. The fourth-order valence-corrected chi connectivity index (χ4v) is 3.03. The normalized spacial score (nSPS) is 15.7. The quantitative estimate of drug-likeness (QED) is 0.823. The lowest BCUT2D eigenvalue weighted by molar-refractivity contribution is -0.119. The first-order chi connectivity index (χ1) is 12.1. The molecule has 5 nitrogen and oxygen atoms in total. The van der Waals surface area contributed by atoms with Crippen molar-refractivity contribution in [3.63, 3.8) is 0 Å². The lowest BCUT2D eigenvalue weighted by atomic mass is 10.1. The largest absolute Gasteiger partial charge is 0.494 e. The van der Waals surface area contributed by atoms with Crippen LogP contribution in [0.5, 0.6) is 5.75 Å². The molecule has 0 fully saturated rings. The van der Waals surface area contributed by atoms with Crippen molar-refractivity contribution in [2.75, 3.05) is 11.5 Å². The Morgan fingerprint density at radius 3 is 2.56 bits per heavy atom. The van der Waals surface area contributed by atoms with Crippen LogP contribution in [0.3, 0.4) is 0 Å². The molecular weight excluding hydrogens is 316 g/mol. The lowest BCUT2D eigenvalue weighted by Crippen LogP contribution is -2.46. The fourth-order valence-electron chi connectivity index (χ4n) is 3.03. The number of nitrogens with two attached hydrogens (primary N) is 1. The third-order valence-electron chi connectivity index (χ3n) is 4.39. The molecule has 2 N–H and O–H groups in total. The summed E-state index contributed by atoms with van der Waals surface area (Å²) in [7, 11) is 0. The highest BCUT2D eigenvalue weighted by Gasteiger charge is 2.37. The summed E-state index contributed by atoms with van der Waals surface area (Å²) in [5, 5.41) is 0. The maximum absolute atomic E-state index is 13.0. The minimum absolute atomic E-state index is 0.228. The molecule has 0 unspecified atom stereocenters. The fraction of sp³-hybridized carbons (Fsp3) is 0.300. The second-order valence-electron chi connectivity index (χ2n) is 6.15. The minimum atomic E-state index is -0.648. The van der Waals surface area contributed by atoms with Crippen molar-refractivity contribution >= 4 is 17.5 Å². The molecule has 1 aliphatic heterocycles. The van der Waals surface area contributed by atoms with E-state index in [0.29, 0.717) is 18.6 Å². The average Bonchev–Trinajstić information content (AvgIpc) is 3.02. The predicted octanol–water partition coefficient (Wildman–Crippen LogP) is 2.92. The van der Waals surface area contributed by atoms with Gasteiger partial charge in [0.2, 0.25) is 5.91 Å². The number of carbonyl (C=O) groups is 2. The molecule has 2 aromatic carbocycles. The van der Waals surface area contributed by atoms with Gasteiger partial charge in [-0.3, -0.25) is 14.5 Å². The molecule has 0 aliphatic carbocycles. The number of rotatable bonds is 6. The molecule has 2 aromatic rings. The van der Waals surface area contributed by atoms with Crippen LogP contribution < -0.4 is 15.4 Å². The summed E-state index contributed by atoms with van der Waals surface area (Å²) in [6.07, 6.45) is 2.51. The van der Waals surface area contributed by atoms with E-state index >= 15 is 0 Å². The second kappa shape index (κ2) is 7.38. The Hall–Kier alpha value is -2.82. The van der Waals surface area contributed by atoms with Crippen molar-refractivity contribution in [1.29, 1.82) is 0 Å². The highest BCUT2D eigenvalue weighted by atomic mass is 16.5. The van der Waals surface area contributed by atoms with Gasteiger partial charge in [0, 0.05) is 17.7 Å². The SMILES string of the molecule is CCCCOc1ccc(C(=O)N2c3ccccc3C[C@@H]2C(N)=O)cc1. The third-order valence-corrected chi connectivity index (χ3v) is 4.39. The number of carbonyl (C=O) groups excluding carboxylic acids is 2. The number of hydrogen-bond acceptors (Lipinski definition) is 3. The summed E-state index contributed by atoms with van der Waals surface area (Å²) in [6, 6.07) is 13.9. The van der Waals surface area contributed by atoms with E-state index in [1.165, 1.54) is 4.90 Å². The maximum atomic E-state index is 13.0. The number of primary amides is 1. The van der Waals surface area contributed by atoms with Gasteiger partial charge in [-0.1, -0.05) is 31.5 Å². The molecule has 2 amide bonds. The first kappa shape index (κ1) is 17.0. The van der Waals surface area contributed by atoms with Gasteiger partial charge in [0.05, 0.1) is 6.61 Å². The summed E-state index contributed by atoms with van der Waals surface area (Å²) in [5.74, 6) is 0.0104. The van der Waals surface area contributed by atoms with Crippen LogP contribution >= 0.6 is 0 Å². The molecule has 0 aromatic heterocycles. The molecule has 1 heterocycles. The van der Waals surface area contributed by atoms with Crippen molar-refractivity contribution in [1.82, 2.24) is 0 Å². The number of para-hydroxylation sites is 1. The molecule has 0 radical (unpaired) electrons. The second-order valence-corrected chi connectivity index (χ2v) is 6.15. The van der Waals surface area contributed by atoms with E-state index < -0.39 is 11.9 Å². The standard InChI is InChI=1S/C20H22N2O3/c1-2-3-12-25-16-10-8-14(9-11-16)20(24)22-17-7-5-4-6-15(17)13-18(22)19(21)23/h4-11,18H,2-3,12-13H2,1H3,(H2,21,23)/t18-/m1/s1. The van der Waals surface area contributed by atoms with Gasteiger partial charge < -0.3 is 10.5 Å². The van der Waals surface area contributed by atoms with Crippen molar-refractivity contribution in [3.8, 4) is 5.75 Å². The van der Waals surface area contributed by atoms with Gasteiger partial charge in [-0.05, 0) is 42.3 Å². The smallest absolute Gasteiger partial charge is 0.259 e. The molecule has 0 bridgehead atoms. The number of unbranched alkanes of at least 4 members (excludes halogenated alkanes) is 1. The molecular formula is C20H22N2O3.